The van der Waals surface area contributed by atoms with Crippen LogP contribution in [0.15, 0.2) is 0 Å². The summed E-state index contributed by atoms with van der Waals surface area (Å²) in [4.78, 5) is 0. The van der Waals surface area contributed by atoms with Crippen LogP contribution in [0, 0.1) is 23.7 Å². The van der Waals surface area contributed by atoms with E-state index in [1.807, 2.05) is 0 Å². The Morgan fingerprint density at radius 2 is 1.00 bits per heavy atom. The summed E-state index contributed by atoms with van der Waals surface area (Å²) in [6.07, 6.45) is 8.64. The third-order valence-corrected chi connectivity index (χ3v) is 1.84. The third-order valence-electron chi connectivity index (χ3n) is 1.84. The maximum atomic E-state index is 3.06. The zero-order valence-electron chi connectivity index (χ0n) is 6.95. The molecule has 0 saturated carbocycles. The fourth-order valence-corrected chi connectivity index (χ4v) is 1.17. The average molecular weight is 146 g/mol. The maximum absolute atomic E-state index is 3.06. The Morgan fingerprint density at radius 3 is 1.55 bits per heavy atom. The molecule has 0 spiro atoms. The van der Waals surface area contributed by atoms with Gasteiger partial charge in [0, 0.05) is 12.8 Å². The fraction of sp³-hybridized carbons (Fsp3) is 0.636. The van der Waals surface area contributed by atoms with Crippen LogP contribution in [0.5, 0.6) is 0 Å². The van der Waals surface area contributed by atoms with E-state index in [9.17, 15) is 0 Å². The Bertz CT molecular complexity index is 180. The molecule has 11 heavy (non-hydrogen) atoms. The minimum atomic E-state index is 1.04. The van der Waals surface area contributed by atoms with Crippen molar-refractivity contribution in [2.24, 2.45) is 0 Å². The Hall–Kier alpha value is -0.880. The second-order valence-corrected chi connectivity index (χ2v) is 2.87. The molecule has 1 rings (SSSR count). The molecule has 0 amide bonds. The molecule has 0 atom stereocenters. The molecular formula is C11H14. The van der Waals surface area contributed by atoms with E-state index in [4.69, 9.17) is 0 Å². The Labute approximate surface area is 69.4 Å². The SMILES string of the molecule is C1#CCCCCCCCC#C1. The van der Waals surface area contributed by atoms with Gasteiger partial charge in [-0.2, -0.15) is 0 Å². The first-order valence-corrected chi connectivity index (χ1v) is 4.46. The van der Waals surface area contributed by atoms with Crippen LogP contribution in [0.2, 0.25) is 0 Å². The average Bonchev–Trinajstić information content (AvgIpc) is 2.08. The summed E-state index contributed by atoms with van der Waals surface area (Å²) < 4.78 is 0. The Balaban J connectivity index is 2.33. The van der Waals surface area contributed by atoms with Gasteiger partial charge in [0.1, 0.15) is 0 Å². The zero-order valence-corrected chi connectivity index (χ0v) is 6.95. The van der Waals surface area contributed by atoms with Gasteiger partial charge >= 0.3 is 0 Å². The molecule has 0 saturated heterocycles. The summed E-state index contributed by atoms with van der Waals surface area (Å²) in [6, 6.07) is 0. The van der Waals surface area contributed by atoms with Gasteiger partial charge in [-0.1, -0.05) is 31.1 Å². The van der Waals surface area contributed by atoms with Crippen LogP contribution < -0.4 is 0 Å². The highest BCUT2D eigenvalue weighted by Crippen LogP contribution is 2.06. The zero-order chi connectivity index (χ0) is 7.78. The van der Waals surface area contributed by atoms with Crippen LogP contribution in [0.1, 0.15) is 44.9 Å². The van der Waals surface area contributed by atoms with Crippen LogP contribution in [-0.2, 0) is 0 Å². The molecule has 58 valence electrons. The highest BCUT2D eigenvalue weighted by molar-refractivity contribution is 5.25. The highest BCUT2D eigenvalue weighted by atomic mass is 13.9. The summed E-state index contributed by atoms with van der Waals surface area (Å²) >= 11 is 0. The molecule has 0 nitrogen and oxygen atoms in total. The van der Waals surface area contributed by atoms with Crippen molar-refractivity contribution in [2.75, 3.05) is 0 Å². The lowest BCUT2D eigenvalue weighted by atomic mass is 10.1. The van der Waals surface area contributed by atoms with Gasteiger partial charge in [-0.25, -0.2) is 0 Å². The van der Waals surface area contributed by atoms with E-state index in [-0.39, 0.29) is 0 Å². The van der Waals surface area contributed by atoms with Crippen molar-refractivity contribution in [1.29, 1.82) is 0 Å². The first kappa shape index (κ1) is 8.22. The first-order chi connectivity index (χ1) is 5.50. The first-order valence-electron chi connectivity index (χ1n) is 4.46. The van der Waals surface area contributed by atoms with Crippen LogP contribution >= 0.6 is 0 Å². The predicted octanol–water partition coefficient (Wildman–Crippen LogP) is 2.74. The molecule has 1 aliphatic carbocycles. The van der Waals surface area contributed by atoms with Crippen molar-refractivity contribution in [1.82, 2.24) is 0 Å². The second kappa shape index (κ2) is 5.87. The van der Waals surface area contributed by atoms with E-state index in [0.29, 0.717) is 0 Å². The quantitative estimate of drug-likeness (QED) is 0.461. The number of hydrogen-bond acceptors (Lipinski definition) is 0. The van der Waals surface area contributed by atoms with E-state index >= 15 is 0 Å². The van der Waals surface area contributed by atoms with Crippen molar-refractivity contribution < 1.29 is 0 Å². The van der Waals surface area contributed by atoms with Gasteiger partial charge in [-0.05, 0) is 24.7 Å². The van der Waals surface area contributed by atoms with E-state index in [1.54, 1.807) is 0 Å². The second-order valence-electron chi connectivity index (χ2n) is 2.87. The lowest BCUT2D eigenvalue weighted by Gasteiger charge is -1.95. The summed E-state index contributed by atoms with van der Waals surface area (Å²) in [6.45, 7) is 0. The molecule has 0 aliphatic heterocycles. The summed E-state index contributed by atoms with van der Waals surface area (Å²) in [7, 11) is 0. The summed E-state index contributed by atoms with van der Waals surface area (Å²) in [5.41, 5.74) is 0. The molecule has 0 bridgehead atoms. The van der Waals surface area contributed by atoms with Gasteiger partial charge in [-0.3, -0.25) is 0 Å². The molecule has 0 N–H and O–H groups in total. The maximum Gasteiger partial charge on any atom is 0.00989 e. The Morgan fingerprint density at radius 1 is 0.545 bits per heavy atom. The molecule has 0 fully saturated rings. The van der Waals surface area contributed by atoms with Gasteiger partial charge in [0.25, 0.3) is 0 Å². The van der Waals surface area contributed by atoms with E-state index < -0.39 is 0 Å². The normalized spacial score (nSPS) is 18.2. The molecular weight excluding hydrogens is 132 g/mol. The predicted molar refractivity (Wildman–Crippen MR) is 47.9 cm³/mol. The summed E-state index contributed by atoms with van der Waals surface area (Å²) in [5, 5.41) is 0. The molecule has 0 aromatic rings. The Kier molecular flexibility index (Phi) is 4.39. The molecule has 0 aromatic carbocycles. The molecule has 0 aromatic heterocycles. The van der Waals surface area contributed by atoms with Crippen molar-refractivity contribution in [3.05, 3.63) is 0 Å². The highest BCUT2D eigenvalue weighted by Gasteiger charge is 1.89. The minimum Gasteiger partial charge on any atom is -0.0891 e. The molecule has 0 unspecified atom stereocenters. The molecule has 0 heterocycles. The van der Waals surface area contributed by atoms with Crippen LogP contribution in [-0.4, -0.2) is 0 Å². The number of rotatable bonds is 0. The van der Waals surface area contributed by atoms with Crippen LogP contribution in [0.25, 0.3) is 0 Å². The molecule has 1 aliphatic rings. The van der Waals surface area contributed by atoms with Crippen molar-refractivity contribution in [3.8, 4) is 23.7 Å². The van der Waals surface area contributed by atoms with Crippen LogP contribution in [0.4, 0.5) is 0 Å². The molecule has 0 heteroatoms. The lowest BCUT2D eigenvalue weighted by Crippen LogP contribution is -1.77. The van der Waals surface area contributed by atoms with Crippen LogP contribution in [0.3, 0.4) is 0 Å². The standard InChI is InChI=1S/C11H14/c1-2-4-6-8-10-11-9-7-5-3-1/h1-7H2. The van der Waals surface area contributed by atoms with E-state index in [0.717, 1.165) is 12.8 Å². The lowest BCUT2D eigenvalue weighted by molar-refractivity contribution is 0.628. The van der Waals surface area contributed by atoms with Crippen molar-refractivity contribution in [2.45, 2.75) is 44.9 Å². The number of hydrogen-bond donors (Lipinski definition) is 0. The van der Waals surface area contributed by atoms with Crippen molar-refractivity contribution >= 4 is 0 Å². The van der Waals surface area contributed by atoms with Gasteiger partial charge < -0.3 is 0 Å². The fourth-order valence-electron chi connectivity index (χ4n) is 1.17. The van der Waals surface area contributed by atoms with E-state index in [2.05, 4.69) is 23.7 Å². The van der Waals surface area contributed by atoms with Crippen molar-refractivity contribution in [3.63, 3.8) is 0 Å². The minimum absolute atomic E-state index is 1.04. The monoisotopic (exact) mass is 146 g/mol. The molecule has 0 radical (unpaired) electrons. The third kappa shape index (κ3) is 4.51. The van der Waals surface area contributed by atoms with Gasteiger partial charge in [0.2, 0.25) is 0 Å². The smallest absolute Gasteiger partial charge is 0.00989 e. The van der Waals surface area contributed by atoms with Gasteiger partial charge in [0.15, 0.2) is 0 Å². The van der Waals surface area contributed by atoms with Gasteiger partial charge in [0.05, 0.1) is 0 Å². The largest absolute Gasteiger partial charge is 0.0891 e. The topological polar surface area (TPSA) is 0 Å². The van der Waals surface area contributed by atoms with E-state index in [1.165, 1.54) is 32.1 Å². The van der Waals surface area contributed by atoms with Gasteiger partial charge in [-0.15, -0.1) is 0 Å². The summed E-state index contributed by atoms with van der Waals surface area (Å²) in [5.74, 6) is 11.9.